The average molecular weight is 433 g/mol. The highest BCUT2D eigenvalue weighted by atomic mass is 32.2. The highest BCUT2D eigenvalue weighted by molar-refractivity contribution is 7.98. The van der Waals surface area contributed by atoms with E-state index in [0.717, 1.165) is 37.1 Å². The van der Waals surface area contributed by atoms with Gasteiger partial charge < -0.3 is 9.64 Å². The van der Waals surface area contributed by atoms with E-state index in [1.54, 1.807) is 33.0 Å². The van der Waals surface area contributed by atoms with Gasteiger partial charge >= 0.3 is 6.09 Å². The van der Waals surface area contributed by atoms with Crippen molar-refractivity contribution >= 4 is 35.7 Å². The maximum absolute atomic E-state index is 13.4. The van der Waals surface area contributed by atoms with Gasteiger partial charge in [0.25, 0.3) is 5.91 Å². The third-order valence-corrected chi connectivity index (χ3v) is 6.08. The molecule has 2 aliphatic rings. The first-order chi connectivity index (χ1) is 14.2. The first-order valence-corrected chi connectivity index (χ1v) is 11.8. The number of nitrogens with zero attached hydrogens (tertiary/aromatic N) is 4. The molecule has 1 saturated carbocycles. The molecule has 1 atom stereocenters. The van der Waals surface area contributed by atoms with Crippen molar-refractivity contribution in [2.24, 2.45) is 0 Å². The third-order valence-electron chi connectivity index (χ3n) is 5.52. The fourth-order valence-corrected chi connectivity index (χ4v) is 4.51. The van der Waals surface area contributed by atoms with Crippen molar-refractivity contribution in [2.45, 2.75) is 82.1 Å². The van der Waals surface area contributed by atoms with E-state index in [0.29, 0.717) is 18.1 Å². The number of anilines is 1. The molecule has 1 aliphatic heterocycles. The Morgan fingerprint density at radius 1 is 1.30 bits per heavy atom. The lowest BCUT2D eigenvalue weighted by Gasteiger charge is -2.39. The molecular formula is C22H32N4O3S. The maximum Gasteiger partial charge on any atom is 0.417 e. The molecule has 1 aromatic heterocycles. The molecule has 1 aliphatic carbocycles. The van der Waals surface area contributed by atoms with Crippen LogP contribution in [0.2, 0.25) is 0 Å². The van der Waals surface area contributed by atoms with Gasteiger partial charge in [-0.3, -0.25) is 4.79 Å². The predicted molar refractivity (Wildman–Crippen MR) is 120 cm³/mol. The van der Waals surface area contributed by atoms with Gasteiger partial charge in [0.15, 0.2) is 5.16 Å². The Labute approximate surface area is 183 Å². The number of amides is 2. The van der Waals surface area contributed by atoms with Gasteiger partial charge in [0.1, 0.15) is 17.5 Å². The Morgan fingerprint density at radius 2 is 2.00 bits per heavy atom. The lowest BCUT2D eigenvalue weighted by atomic mass is 9.92. The van der Waals surface area contributed by atoms with Gasteiger partial charge in [-0.15, -0.1) is 0 Å². The van der Waals surface area contributed by atoms with Gasteiger partial charge in [0.2, 0.25) is 0 Å². The molecule has 1 unspecified atom stereocenters. The third kappa shape index (κ3) is 4.96. The zero-order chi connectivity index (χ0) is 21.9. The molecule has 2 fully saturated rings. The number of aromatic nitrogens is 2. The van der Waals surface area contributed by atoms with Crippen LogP contribution in [0, 0.1) is 0 Å². The molecule has 0 radical (unpaired) electrons. The fraction of sp³-hybridized carbons (Fsp3) is 0.636. The summed E-state index contributed by atoms with van der Waals surface area (Å²) in [5, 5.41) is 0.658. The minimum absolute atomic E-state index is 0.203. The molecule has 2 amide bonds. The van der Waals surface area contributed by atoms with Gasteiger partial charge in [-0.2, -0.15) is 0 Å². The van der Waals surface area contributed by atoms with E-state index in [9.17, 15) is 9.59 Å². The molecular weight excluding hydrogens is 400 g/mol. The van der Waals surface area contributed by atoms with Gasteiger partial charge in [0, 0.05) is 24.3 Å². The van der Waals surface area contributed by atoms with Crippen molar-refractivity contribution in [1.29, 1.82) is 0 Å². The molecule has 0 aromatic carbocycles. The molecule has 0 N–H and O–H groups in total. The highest BCUT2D eigenvalue weighted by Gasteiger charge is 2.44. The quantitative estimate of drug-likeness (QED) is 0.500. The Hall–Kier alpha value is -2.09. The van der Waals surface area contributed by atoms with E-state index in [1.165, 1.54) is 23.1 Å². The van der Waals surface area contributed by atoms with Crippen LogP contribution in [0.3, 0.4) is 0 Å². The summed E-state index contributed by atoms with van der Waals surface area (Å²) < 4.78 is 5.46. The van der Waals surface area contributed by atoms with E-state index in [-0.39, 0.29) is 11.9 Å². The topological polar surface area (TPSA) is 75.6 Å². The van der Waals surface area contributed by atoms with Crippen LogP contribution < -0.4 is 4.90 Å². The summed E-state index contributed by atoms with van der Waals surface area (Å²) in [4.78, 5) is 38.5. The highest BCUT2D eigenvalue weighted by Crippen LogP contribution is 2.34. The summed E-state index contributed by atoms with van der Waals surface area (Å²) in [5.41, 5.74) is 0.163. The normalized spacial score (nSPS) is 20.3. The lowest BCUT2D eigenvalue weighted by Crippen LogP contribution is -2.50. The van der Waals surface area contributed by atoms with Crippen LogP contribution in [0.5, 0.6) is 0 Å². The van der Waals surface area contributed by atoms with Crippen LogP contribution in [0.15, 0.2) is 17.9 Å². The molecule has 164 valence electrons. The number of ether oxygens (including phenoxy) is 1. The minimum atomic E-state index is -0.644. The van der Waals surface area contributed by atoms with Crippen LogP contribution >= 0.6 is 11.8 Å². The molecule has 1 aromatic rings. The van der Waals surface area contributed by atoms with Crippen LogP contribution in [0.25, 0.3) is 6.08 Å². The zero-order valence-corrected chi connectivity index (χ0v) is 19.2. The molecule has 8 heteroatoms. The summed E-state index contributed by atoms with van der Waals surface area (Å²) in [6.07, 6.45) is 10.9. The molecule has 0 spiro atoms. The second kappa shape index (κ2) is 9.37. The van der Waals surface area contributed by atoms with E-state index in [4.69, 9.17) is 9.72 Å². The lowest BCUT2D eigenvalue weighted by molar-refractivity contribution is -0.128. The van der Waals surface area contributed by atoms with Crippen molar-refractivity contribution in [2.75, 3.05) is 17.7 Å². The van der Waals surface area contributed by atoms with Gasteiger partial charge in [-0.25, -0.2) is 19.7 Å². The van der Waals surface area contributed by atoms with E-state index >= 15 is 0 Å². The SMILES string of the molecule is C=Cc1cnc(SC)nc1N(C1CCCCC1)C1CCN(C(=O)OC(C)(C)C)C1=O. The number of rotatable bonds is 5. The molecule has 30 heavy (non-hydrogen) atoms. The summed E-state index contributed by atoms with van der Waals surface area (Å²) in [6.45, 7) is 9.69. The fourth-order valence-electron chi connectivity index (χ4n) is 4.17. The number of likely N-dealkylation sites (tertiary alicyclic amines) is 1. The van der Waals surface area contributed by atoms with Crippen LogP contribution in [0.1, 0.15) is 64.9 Å². The summed E-state index contributed by atoms with van der Waals surface area (Å²) >= 11 is 1.47. The number of thioether (sulfide) groups is 1. The number of carbonyl (C=O) groups is 2. The van der Waals surface area contributed by atoms with E-state index in [1.807, 2.05) is 6.26 Å². The standard InChI is InChI=1S/C22H32N4O3S/c1-6-15-14-23-20(30-5)24-18(15)26(16-10-8-7-9-11-16)17-12-13-25(19(17)27)21(28)29-22(2,3)4/h6,14,16-17H,1,7-13H2,2-5H3. The summed E-state index contributed by atoms with van der Waals surface area (Å²) in [7, 11) is 0. The van der Waals surface area contributed by atoms with Crippen molar-refractivity contribution in [3.8, 4) is 0 Å². The Balaban J connectivity index is 1.95. The molecule has 7 nitrogen and oxygen atoms in total. The Bertz CT molecular complexity index is 802. The van der Waals surface area contributed by atoms with Gasteiger partial charge in [-0.05, 0) is 46.3 Å². The zero-order valence-electron chi connectivity index (χ0n) is 18.4. The largest absolute Gasteiger partial charge is 0.443 e. The van der Waals surface area contributed by atoms with Crippen LogP contribution in [-0.2, 0) is 9.53 Å². The Kier molecular flexibility index (Phi) is 7.06. The monoisotopic (exact) mass is 432 g/mol. The molecule has 0 bridgehead atoms. The van der Waals surface area contributed by atoms with Crippen LogP contribution in [-0.4, -0.2) is 57.4 Å². The number of imide groups is 1. The van der Waals surface area contributed by atoms with Crippen molar-refractivity contribution < 1.29 is 14.3 Å². The average Bonchev–Trinajstić information content (AvgIpc) is 3.09. The van der Waals surface area contributed by atoms with Crippen molar-refractivity contribution in [3.05, 3.63) is 18.3 Å². The van der Waals surface area contributed by atoms with E-state index in [2.05, 4.69) is 16.5 Å². The van der Waals surface area contributed by atoms with Crippen molar-refractivity contribution in [1.82, 2.24) is 14.9 Å². The summed E-state index contributed by atoms with van der Waals surface area (Å²) in [5.74, 6) is 0.523. The van der Waals surface area contributed by atoms with Gasteiger partial charge in [0.05, 0.1) is 0 Å². The van der Waals surface area contributed by atoms with E-state index < -0.39 is 17.7 Å². The first-order valence-electron chi connectivity index (χ1n) is 10.6. The first kappa shape index (κ1) is 22.6. The van der Waals surface area contributed by atoms with Crippen molar-refractivity contribution in [3.63, 3.8) is 0 Å². The molecule has 2 heterocycles. The minimum Gasteiger partial charge on any atom is -0.443 e. The second-order valence-corrected chi connectivity index (χ2v) is 9.59. The maximum atomic E-state index is 13.4. The Morgan fingerprint density at radius 3 is 2.60 bits per heavy atom. The summed E-state index contributed by atoms with van der Waals surface area (Å²) in [6, 6.07) is -0.237. The second-order valence-electron chi connectivity index (χ2n) is 8.81. The number of carbonyl (C=O) groups excluding carboxylic acids is 2. The number of hydrogen-bond donors (Lipinski definition) is 0. The van der Waals surface area contributed by atoms with Gasteiger partial charge in [-0.1, -0.05) is 43.7 Å². The van der Waals surface area contributed by atoms with Crippen LogP contribution in [0.4, 0.5) is 10.6 Å². The predicted octanol–water partition coefficient (Wildman–Crippen LogP) is 4.52. The molecule has 3 rings (SSSR count). The molecule has 1 saturated heterocycles. The smallest absolute Gasteiger partial charge is 0.417 e. The number of hydrogen-bond acceptors (Lipinski definition) is 7.